The molecule has 0 bridgehead atoms. The van der Waals surface area contributed by atoms with E-state index in [1.165, 1.54) is 0 Å². The van der Waals surface area contributed by atoms with Crippen molar-refractivity contribution in [1.82, 2.24) is 9.55 Å². The number of carbonyl (C=O) groups excluding carboxylic acids is 2. The minimum atomic E-state index is -0.206. The van der Waals surface area contributed by atoms with Gasteiger partial charge in [0.2, 0.25) is 5.91 Å². The van der Waals surface area contributed by atoms with Crippen molar-refractivity contribution in [3.63, 3.8) is 0 Å². The van der Waals surface area contributed by atoms with Crippen LogP contribution in [0.1, 0.15) is 6.42 Å². The van der Waals surface area contributed by atoms with E-state index in [2.05, 4.69) is 15.6 Å². The molecule has 0 aliphatic carbocycles. The molecule has 1 aliphatic rings. The molecule has 0 saturated heterocycles. The van der Waals surface area contributed by atoms with Crippen LogP contribution >= 0.6 is 0 Å². The molecule has 2 amide bonds. The number of carbonyl (C=O) groups is 2. The lowest BCUT2D eigenvalue weighted by Crippen LogP contribution is -2.25. The molecule has 0 fully saturated rings. The molecule has 126 valence electrons. The van der Waals surface area contributed by atoms with E-state index in [0.717, 1.165) is 11.0 Å². The van der Waals surface area contributed by atoms with Crippen LogP contribution in [0.4, 0.5) is 11.4 Å². The Balaban J connectivity index is 1.41. The van der Waals surface area contributed by atoms with Gasteiger partial charge in [0.05, 0.1) is 23.0 Å². The number of hydrogen-bond acceptors (Lipinski definition) is 4. The van der Waals surface area contributed by atoms with Crippen LogP contribution in [-0.4, -0.2) is 28.0 Å². The topological polar surface area (TPSA) is 85.3 Å². The van der Waals surface area contributed by atoms with Crippen LogP contribution in [0.3, 0.4) is 0 Å². The van der Waals surface area contributed by atoms with E-state index in [1.807, 2.05) is 28.8 Å². The highest BCUT2D eigenvalue weighted by molar-refractivity contribution is 5.97. The molecule has 2 N–H and O–H groups in total. The van der Waals surface area contributed by atoms with Gasteiger partial charge in [-0.2, -0.15) is 0 Å². The summed E-state index contributed by atoms with van der Waals surface area (Å²) >= 11 is 0. The minimum absolute atomic E-state index is 0.0115. The number of aromatic nitrogens is 2. The fraction of sp³-hybridized carbons (Fsp3) is 0.167. The normalized spacial score (nSPS) is 13.0. The molecule has 0 atom stereocenters. The number of amides is 2. The fourth-order valence-electron chi connectivity index (χ4n) is 2.79. The molecule has 1 aliphatic heterocycles. The molecule has 4 rings (SSSR count). The molecule has 1 aromatic heterocycles. The van der Waals surface area contributed by atoms with E-state index in [9.17, 15) is 9.59 Å². The Morgan fingerprint density at radius 1 is 1.28 bits per heavy atom. The molecule has 0 unspecified atom stereocenters. The molecule has 7 heteroatoms. The quantitative estimate of drug-likeness (QED) is 0.766. The SMILES string of the molecule is O=C(CCn1cnc2ccccc21)Nc1ccc2c(c1)NC(=O)CO2. The number of nitrogens with zero attached hydrogens (tertiary/aromatic N) is 2. The van der Waals surface area contributed by atoms with Gasteiger partial charge >= 0.3 is 0 Å². The summed E-state index contributed by atoms with van der Waals surface area (Å²) in [6, 6.07) is 13.0. The van der Waals surface area contributed by atoms with Crippen molar-refractivity contribution in [3.05, 3.63) is 48.8 Å². The van der Waals surface area contributed by atoms with Gasteiger partial charge in [-0.25, -0.2) is 4.98 Å². The van der Waals surface area contributed by atoms with Gasteiger partial charge in [-0.15, -0.1) is 0 Å². The second-order valence-electron chi connectivity index (χ2n) is 5.77. The van der Waals surface area contributed by atoms with Crippen molar-refractivity contribution in [2.45, 2.75) is 13.0 Å². The molecule has 0 spiro atoms. The summed E-state index contributed by atoms with van der Waals surface area (Å²) < 4.78 is 7.25. The zero-order valence-electron chi connectivity index (χ0n) is 13.4. The number of hydrogen-bond donors (Lipinski definition) is 2. The number of ether oxygens (including phenoxy) is 1. The van der Waals surface area contributed by atoms with E-state index < -0.39 is 0 Å². The van der Waals surface area contributed by atoms with Gasteiger partial charge in [-0.3, -0.25) is 9.59 Å². The van der Waals surface area contributed by atoms with E-state index in [-0.39, 0.29) is 18.4 Å². The Labute approximate surface area is 143 Å². The fourth-order valence-corrected chi connectivity index (χ4v) is 2.79. The Kier molecular flexibility index (Phi) is 3.81. The molecule has 2 heterocycles. The molecular formula is C18H16N4O3. The average molecular weight is 336 g/mol. The molecule has 0 radical (unpaired) electrons. The Bertz CT molecular complexity index is 964. The van der Waals surface area contributed by atoms with Crippen molar-refractivity contribution in [1.29, 1.82) is 0 Å². The first-order chi connectivity index (χ1) is 12.2. The number of aryl methyl sites for hydroxylation is 1. The second kappa shape index (κ2) is 6.27. The van der Waals surface area contributed by atoms with Gasteiger partial charge in [-0.1, -0.05) is 12.1 Å². The number of rotatable bonds is 4. The number of anilines is 2. The van der Waals surface area contributed by atoms with E-state index in [0.29, 0.717) is 30.1 Å². The summed E-state index contributed by atoms with van der Waals surface area (Å²) in [5, 5.41) is 5.56. The van der Waals surface area contributed by atoms with Crippen LogP contribution in [0.15, 0.2) is 48.8 Å². The summed E-state index contributed by atoms with van der Waals surface area (Å²) in [4.78, 5) is 27.9. The van der Waals surface area contributed by atoms with Gasteiger partial charge in [0.25, 0.3) is 5.91 Å². The highest BCUT2D eigenvalue weighted by atomic mass is 16.5. The second-order valence-corrected chi connectivity index (χ2v) is 5.77. The van der Waals surface area contributed by atoms with Crippen molar-refractivity contribution in [3.8, 4) is 5.75 Å². The van der Waals surface area contributed by atoms with Gasteiger partial charge < -0.3 is 19.9 Å². The Hall–Kier alpha value is -3.35. The smallest absolute Gasteiger partial charge is 0.262 e. The van der Waals surface area contributed by atoms with Crippen LogP contribution in [-0.2, 0) is 16.1 Å². The number of para-hydroxylation sites is 2. The monoisotopic (exact) mass is 336 g/mol. The largest absolute Gasteiger partial charge is 0.482 e. The first kappa shape index (κ1) is 15.2. The van der Waals surface area contributed by atoms with Crippen LogP contribution in [0, 0.1) is 0 Å². The van der Waals surface area contributed by atoms with E-state index in [4.69, 9.17) is 4.74 Å². The number of benzene rings is 2. The first-order valence-electron chi connectivity index (χ1n) is 7.95. The maximum atomic E-state index is 12.2. The van der Waals surface area contributed by atoms with Crippen LogP contribution < -0.4 is 15.4 Å². The maximum absolute atomic E-state index is 12.2. The van der Waals surface area contributed by atoms with E-state index >= 15 is 0 Å². The standard InChI is InChI=1S/C18H16N4O3/c23-17(7-8-22-11-19-13-3-1-2-4-15(13)22)20-12-5-6-16-14(9-12)21-18(24)10-25-16/h1-6,9,11H,7-8,10H2,(H,20,23)(H,21,24). The highest BCUT2D eigenvalue weighted by Crippen LogP contribution is 2.30. The van der Waals surface area contributed by atoms with Crippen molar-refractivity contribution in [2.24, 2.45) is 0 Å². The summed E-state index contributed by atoms with van der Waals surface area (Å²) in [7, 11) is 0. The van der Waals surface area contributed by atoms with Crippen LogP contribution in [0.2, 0.25) is 0 Å². The third-order valence-electron chi connectivity index (χ3n) is 4.00. The van der Waals surface area contributed by atoms with Gasteiger partial charge in [0, 0.05) is 18.7 Å². The number of nitrogens with one attached hydrogen (secondary N) is 2. The van der Waals surface area contributed by atoms with Gasteiger partial charge in [0.1, 0.15) is 5.75 Å². The lowest BCUT2D eigenvalue weighted by molar-refractivity contribution is -0.118. The first-order valence-corrected chi connectivity index (χ1v) is 7.95. The summed E-state index contributed by atoms with van der Waals surface area (Å²) in [5.41, 5.74) is 3.09. The molecule has 25 heavy (non-hydrogen) atoms. The highest BCUT2D eigenvalue weighted by Gasteiger charge is 2.16. The van der Waals surface area contributed by atoms with E-state index in [1.54, 1.807) is 24.5 Å². The number of imidazole rings is 1. The van der Waals surface area contributed by atoms with Crippen molar-refractivity contribution >= 4 is 34.2 Å². The van der Waals surface area contributed by atoms with Crippen LogP contribution in [0.25, 0.3) is 11.0 Å². The van der Waals surface area contributed by atoms with Crippen molar-refractivity contribution < 1.29 is 14.3 Å². The average Bonchev–Trinajstić information content (AvgIpc) is 3.03. The Morgan fingerprint density at radius 3 is 3.08 bits per heavy atom. The lowest BCUT2D eigenvalue weighted by Gasteiger charge is -2.18. The Morgan fingerprint density at radius 2 is 2.16 bits per heavy atom. The minimum Gasteiger partial charge on any atom is -0.482 e. The number of fused-ring (bicyclic) bond motifs is 2. The van der Waals surface area contributed by atoms with Gasteiger partial charge in [-0.05, 0) is 30.3 Å². The molecule has 0 saturated carbocycles. The molecule has 3 aromatic rings. The third kappa shape index (κ3) is 3.16. The van der Waals surface area contributed by atoms with Crippen LogP contribution in [0.5, 0.6) is 5.75 Å². The zero-order valence-corrected chi connectivity index (χ0v) is 13.4. The zero-order chi connectivity index (χ0) is 17.2. The predicted octanol–water partition coefficient (Wildman–Crippen LogP) is 2.40. The summed E-state index contributed by atoms with van der Waals surface area (Å²) in [6.45, 7) is 0.550. The molecule has 7 nitrogen and oxygen atoms in total. The lowest BCUT2D eigenvalue weighted by atomic mass is 10.2. The molecular weight excluding hydrogens is 320 g/mol. The summed E-state index contributed by atoms with van der Waals surface area (Å²) in [6.07, 6.45) is 2.06. The molecule has 2 aromatic carbocycles. The van der Waals surface area contributed by atoms with Gasteiger partial charge in [0.15, 0.2) is 6.61 Å². The van der Waals surface area contributed by atoms with Crippen molar-refractivity contribution in [2.75, 3.05) is 17.2 Å². The predicted molar refractivity (Wildman–Crippen MR) is 93.5 cm³/mol. The maximum Gasteiger partial charge on any atom is 0.262 e. The summed E-state index contributed by atoms with van der Waals surface area (Å²) in [5.74, 6) is 0.284. The third-order valence-corrected chi connectivity index (χ3v) is 4.00.